The van der Waals surface area contributed by atoms with Gasteiger partial charge in [-0.2, -0.15) is 10.1 Å². The van der Waals surface area contributed by atoms with Gasteiger partial charge in [0.2, 0.25) is 5.13 Å². The van der Waals surface area contributed by atoms with E-state index in [9.17, 15) is 19.3 Å². The van der Waals surface area contributed by atoms with Gasteiger partial charge in [-0.1, -0.05) is 23.5 Å². The summed E-state index contributed by atoms with van der Waals surface area (Å²) in [6, 6.07) is 17.3. The SMILES string of the molecule is O=C(c1nc2ccccc2s1)N(/N=C/c1ccc([N+](=O)[O-])cc1)c1nc2ccc(F)cc2s1. The number of anilines is 1. The minimum absolute atomic E-state index is 0.0530. The molecule has 2 heterocycles. The molecule has 11 heteroatoms. The molecule has 0 saturated heterocycles. The highest BCUT2D eigenvalue weighted by atomic mass is 32.1. The summed E-state index contributed by atoms with van der Waals surface area (Å²) >= 11 is 2.35. The summed E-state index contributed by atoms with van der Waals surface area (Å²) in [6.07, 6.45) is 1.40. The molecule has 2 aromatic heterocycles. The first-order valence-corrected chi connectivity index (χ1v) is 11.2. The number of hydrazone groups is 1. The van der Waals surface area contributed by atoms with Gasteiger partial charge < -0.3 is 0 Å². The van der Waals surface area contributed by atoms with Gasteiger partial charge in [-0.25, -0.2) is 14.4 Å². The van der Waals surface area contributed by atoms with Crippen molar-refractivity contribution >= 4 is 66.0 Å². The normalized spacial score (nSPS) is 11.4. The fraction of sp³-hybridized carbons (Fsp3) is 0. The third-order valence-electron chi connectivity index (χ3n) is 4.62. The highest BCUT2D eigenvalue weighted by Gasteiger charge is 2.24. The van der Waals surface area contributed by atoms with E-state index in [2.05, 4.69) is 15.1 Å². The first-order valence-electron chi connectivity index (χ1n) is 9.52. The van der Waals surface area contributed by atoms with Crippen molar-refractivity contribution in [3.8, 4) is 0 Å². The fourth-order valence-corrected chi connectivity index (χ4v) is 4.86. The van der Waals surface area contributed by atoms with Gasteiger partial charge in [0.15, 0.2) is 5.01 Å². The van der Waals surface area contributed by atoms with Crippen molar-refractivity contribution in [2.45, 2.75) is 0 Å². The maximum absolute atomic E-state index is 13.7. The molecule has 0 spiro atoms. The van der Waals surface area contributed by atoms with Gasteiger partial charge in [-0.3, -0.25) is 14.9 Å². The molecule has 0 saturated carbocycles. The molecule has 3 aromatic carbocycles. The Morgan fingerprint density at radius 3 is 2.52 bits per heavy atom. The predicted molar refractivity (Wildman–Crippen MR) is 127 cm³/mol. The Balaban J connectivity index is 1.55. The summed E-state index contributed by atoms with van der Waals surface area (Å²) < 4.78 is 15.1. The second-order valence-corrected chi connectivity index (χ2v) is 8.85. The van der Waals surface area contributed by atoms with E-state index >= 15 is 0 Å². The van der Waals surface area contributed by atoms with Gasteiger partial charge >= 0.3 is 5.91 Å². The Morgan fingerprint density at radius 1 is 1.00 bits per heavy atom. The van der Waals surface area contributed by atoms with Crippen LogP contribution in [0.5, 0.6) is 0 Å². The molecule has 0 unspecified atom stereocenters. The number of benzene rings is 3. The Kier molecular flexibility index (Phi) is 5.32. The molecule has 0 aliphatic rings. The molecule has 8 nitrogen and oxygen atoms in total. The van der Waals surface area contributed by atoms with Gasteiger partial charge in [0.05, 0.1) is 31.6 Å². The molecule has 0 aliphatic carbocycles. The third kappa shape index (κ3) is 4.19. The molecule has 0 aliphatic heterocycles. The van der Waals surface area contributed by atoms with Crippen LogP contribution in [-0.4, -0.2) is 27.0 Å². The topological polar surface area (TPSA) is 102 Å². The Bertz CT molecular complexity index is 1510. The number of non-ortho nitro benzene ring substituents is 1. The van der Waals surface area contributed by atoms with E-state index in [1.807, 2.05) is 24.3 Å². The molecule has 5 aromatic rings. The summed E-state index contributed by atoms with van der Waals surface area (Å²) in [5.41, 5.74) is 1.72. The van der Waals surface area contributed by atoms with Gasteiger partial charge in [-0.05, 0) is 48.0 Å². The van der Waals surface area contributed by atoms with E-state index in [1.165, 1.54) is 60.0 Å². The van der Waals surface area contributed by atoms with Crippen molar-refractivity contribution in [3.63, 3.8) is 0 Å². The number of fused-ring (bicyclic) bond motifs is 2. The average Bonchev–Trinajstić information content (AvgIpc) is 3.43. The molecule has 0 N–H and O–H groups in total. The lowest BCUT2D eigenvalue weighted by Crippen LogP contribution is -2.25. The number of nitro benzene ring substituents is 1. The monoisotopic (exact) mass is 477 g/mol. The number of amides is 1. The summed E-state index contributed by atoms with van der Waals surface area (Å²) in [5, 5.41) is 16.8. The van der Waals surface area contributed by atoms with Crippen molar-refractivity contribution in [2.24, 2.45) is 5.10 Å². The van der Waals surface area contributed by atoms with Crippen LogP contribution < -0.4 is 5.01 Å². The second-order valence-electron chi connectivity index (χ2n) is 6.81. The molecule has 0 bridgehead atoms. The predicted octanol–water partition coefficient (Wildman–Crippen LogP) is 5.63. The molecule has 5 rings (SSSR count). The third-order valence-corrected chi connectivity index (χ3v) is 6.63. The number of halogens is 1. The Hall–Kier alpha value is -4.09. The summed E-state index contributed by atoms with van der Waals surface area (Å²) in [7, 11) is 0. The summed E-state index contributed by atoms with van der Waals surface area (Å²) in [4.78, 5) is 32.6. The molecule has 33 heavy (non-hydrogen) atoms. The number of hydrogen-bond acceptors (Lipinski definition) is 8. The fourth-order valence-electron chi connectivity index (χ4n) is 3.03. The van der Waals surface area contributed by atoms with Gasteiger partial charge in [-0.15, -0.1) is 11.3 Å². The minimum Gasteiger partial charge on any atom is -0.264 e. The number of hydrogen-bond donors (Lipinski definition) is 0. The lowest BCUT2D eigenvalue weighted by Gasteiger charge is -2.11. The van der Waals surface area contributed by atoms with Crippen LogP contribution in [0.4, 0.5) is 15.2 Å². The van der Waals surface area contributed by atoms with Crippen LogP contribution in [-0.2, 0) is 0 Å². The lowest BCUT2D eigenvalue weighted by molar-refractivity contribution is -0.384. The zero-order valence-electron chi connectivity index (χ0n) is 16.6. The second kappa shape index (κ2) is 8.45. The number of thiazole rings is 2. The van der Waals surface area contributed by atoms with Crippen LogP contribution in [0.2, 0.25) is 0 Å². The number of nitro groups is 1. The van der Waals surface area contributed by atoms with Gasteiger partial charge in [0.1, 0.15) is 5.82 Å². The van der Waals surface area contributed by atoms with Crippen LogP contribution in [0.15, 0.2) is 71.8 Å². The maximum Gasteiger partial charge on any atom is 0.309 e. The van der Waals surface area contributed by atoms with E-state index in [0.717, 1.165) is 21.0 Å². The molecular weight excluding hydrogens is 465 g/mol. The Labute approximate surface area is 193 Å². The average molecular weight is 478 g/mol. The highest BCUT2D eigenvalue weighted by Crippen LogP contribution is 2.32. The molecule has 162 valence electrons. The summed E-state index contributed by atoms with van der Waals surface area (Å²) in [6.45, 7) is 0. The quantitative estimate of drug-likeness (QED) is 0.185. The van der Waals surface area contributed by atoms with Gasteiger partial charge in [0.25, 0.3) is 5.69 Å². The minimum atomic E-state index is -0.496. The van der Waals surface area contributed by atoms with Crippen molar-refractivity contribution in [1.82, 2.24) is 9.97 Å². The molecule has 1 amide bonds. The van der Waals surface area contributed by atoms with E-state index in [-0.39, 0.29) is 15.8 Å². The molecule has 0 fully saturated rings. The van der Waals surface area contributed by atoms with Gasteiger partial charge in [0, 0.05) is 12.1 Å². The Morgan fingerprint density at radius 2 is 1.76 bits per heavy atom. The van der Waals surface area contributed by atoms with E-state index < -0.39 is 16.6 Å². The standard InChI is InChI=1S/C22H12FN5O3S2/c23-14-7-10-17-19(11-14)33-22(26-17)27(24-12-13-5-8-15(9-6-13)28(30)31)21(29)20-25-16-3-1-2-4-18(16)32-20/h1-12H/b24-12+. The number of carbonyl (C=O) groups is 1. The van der Waals surface area contributed by atoms with Crippen molar-refractivity contribution in [2.75, 3.05) is 5.01 Å². The first kappa shape index (κ1) is 20.8. The van der Waals surface area contributed by atoms with E-state index in [4.69, 9.17) is 0 Å². The van der Waals surface area contributed by atoms with Crippen LogP contribution in [0, 0.1) is 15.9 Å². The smallest absolute Gasteiger partial charge is 0.264 e. The zero-order valence-corrected chi connectivity index (χ0v) is 18.2. The van der Waals surface area contributed by atoms with Crippen LogP contribution in [0.3, 0.4) is 0 Å². The van der Waals surface area contributed by atoms with Crippen molar-refractivity contribution in [3.05, 3.63) is 93.2 Å². The van der Waals surface area contributed by atoms with Crippen LogP contribution in [0.25, 0.3) is 20.4 Å². The van der Waals surface area contributed by atoms with Crippen molar-refractivity contribution < 1.29 is 14.1 Å². The lowest BCUT2D eigenvalue weighted by atomic mass is 10.2. The molecule has 0 atom stereocenters. The summed E-state index contributed by atoms with van der Waals surface area (Å²) in [5.74, 6) is -0.898. The van der Waals surface area contributed by atoms with Crippen molar-refractivity contribution in [1.29, 1.82) is 0 Å². The first-order chi connectivity index (χ1) is 16.0. The number of aromatic nitrogens is 2. The van der Waals surface area contributed by atoms with E-state index in [0.29, 0.717) is 21.3 Å². The zero-order chi connectivity index (χ0) is 22.9. The number of nitrogens with zero attached hydrogens (tertiary/aromatic N) is 5. The highest BCUT2D eigenvalue weighted by molar-refractivity contribution is 7.22. The van der Waals surface area contributed by atoms with Crippen LogP contribution >= 0.6 is 22.7 Å². The molecular formula is C22H12FN5O3S2. The van der Waals surface area contributed by atoms with Crippen LogP contribution in [0.1, 0.15) is 15.4 Å². The molecule has 0 radical (unpaired) electrons. The number of carbonyl (C=O) groups excluding carboxylic acids is 1. The number of rotatable bonds is 5. The number of para-hydroxylation sites is 1. The maximum atomic E-state index is 13.7. The largest absolute Gasteiger partial charge is 0.309 e. The van der Waals surface area contributed by atoms with E-state index in [1.54, 1.807) is 0 Å².